The Morgan fingerprint density at radius 1 is 0.0769 bits per heavy atom. The van der Waals surface area contributed by atoms with E-state index in [-0.39, 0.29) is 5.41 Å². The average Bonchev–Trinajstić information content (AvgIpc) is 0.990. The van der Waals surface area contributed by atoms with E-state index in [0.29, 0.717) is 595 Å². The summed E-state index contributed by atoms with van der Waals surface area (Å²) in [6.45, 7) is 51.4. The molecule has 0 aliphatic carbocycles. The van der Waals surface area contributed by atoms with Crippen LogP contribution in [0.1, 0.15) is 27.2 Å². The summed E-state index contributed by atoms with van der Waals surface area (Å²) in [6.07, 6.45) is 1.04. The molecule has 0 aliphatic rings. The lowest BCUT2D eigenvalue weighted by Gasteiger charge is -2.17. The zero-order chi connectivity index (χ0) is 102. The van der Waals surface area contributed by atoms with Crippen LogP contribution in [0.2, 0.25) is 0 Å². The summed E-state index contributed by atoms with van der Waals surface area (Å²) in [5.41, 5.74) is 0.289. The zero-order valence-electron chi connectivity index (χ0n) is 88.3. The van der Waals surface area contributed by atoms with Gasteiger partial charge in [-0.25, -0.2) is 0 Å². The van der Waals surface area contributed by atoms with Gasteiger partial charge in [0, 0.05) is 13.7 Å². The summed E-state index contributed by atoms with van der Waals surface area (Å²) < 4.78 is 254. The molecule has 0 aromatic carbocycles. The molecule has 143 heavy (non-hydrogen) atoms. The van der Waals surface area contributed by atoms with Crippen molar-refractivity contribution in [2.75, 3.05) is 608 Å². The van der Waals surface area contributed by atoms with Crippen molar-refractivity contribution in [1.82, 2.24) is 0 Å². The van der Waals surface area contributed by atoms with E-state index < -0.39 is 0 Å². The van der Waals surface area contributed by atoms with Crippen LogP contribution in [0.25, 0.3) is 0 Å². The maximum atomic E-state index is 5.58. The van der Waals surface area contributed by atoms with Crippen LogP contribution in [0.5, 0.6) is 0 Å². The van der Waals surface area contributed by atoms with Crippen LogP contribution >= 0.6 is 0 Å². The van der Waals surface area contributed by atoms with Gasteiger partial charge in [-0.05, 0) is 11.8 Å². The summed E-state index contributed by atoms with van der Waals surface area (Å²) in [5, 5.41) is 0. The fraction of sp³-hybridized carbons (Fsp3) is 1.00. The molecule has 0 bridgehead atoms. The minimum Gasteiger partial charge on any atom is -0.382 e. The highest BCUT2D eigenvalue weighted by Gasteiger charge is 2.11. The lowest BCUT2D eigenvalue weighted by atomic mass is 9.93. The smallest absolute Gasteiger partial charge is 0.0701 e. The molecule has 46 nitrogen and oxygen atoms in total. The lowest BCUT2D eigenvalue weighted by molar-refractivity contribution is -0.0330. The average molecular weight is 2100 g/mol. The number of ether oxygens (including phenoxy) is 46. The molecule has 0 rings (SSSR count). The molecule has 0 amide bonds. The topological polar surface area (TPSA) is 425 Å². The molecular formula is C97H196O46. The van der Waals surface area contributed by atoms with Gasteiger partial charge in [0.15, 0.2) is 0 Å². The van der Waals surface area contributed by atoms with Gasteiger partial charge in [-0.2, -0.15) is 0 Å². The highest BCUT2D eigenvalue weighted by atomic mass is 16.7. The van der Waals surface area contributed by atoms with Crippen molar-refractivity contribution in [1.29, 1.82) is 0 Å². The molecule has 0 N–H and O–H groups in total. The molecule has 0 saturated carbocycles. The van der Waals surface area contributed by atoms with Gasteiger partial charge in [0.25, 0.3) is 0 Å². The van der Waals surface area contributed by atoms with Crippen LogP contribution in [0.4, 0.5) is 0 Å². The van der Waals surface area contributed by atoms with Gasteiger partial charge in [0.2, 0.25) is 0 Å². The normalized spacial score (nSPS) is 12.0. The minimum absolute atomic E-state index is 0.289. The Bertz CT molecular complexity index is 1970. The Hall–Kier alpha value is -1.84. The van der Waals surface area contributed by atoms with Crippen molar-refractivity contribution in [2.24, 2.45) is 5.41 Å². The maximum Gasteiger partial charge on any atom is 0.0701 e. The second kappa shape index (κ2) is 134. The van der Waals surface area contributed by atoms with Crippen LogP contribution in [-0.4, -0.2) is 608 Å². The third kappa shape index (κ3) is 140. The fourth-order valence-electron chi connectivity index (χ4n) is 10.3. The molecule has 0 aromatic heterocycles. The van der Waals surface area contributed by atoms with Crippen LogP contribution in [0.3, 0.4) is 0 Å². The highest BCUT2D eigenvalue weighted by molar-refractivity contribution is 4.60. The first-order chi connectivity index (χ1) is 71.1. The maximum absolute atomic E-state index is 5.58. The monoisotopic (exact) mass is 2100 g/mol. The molecule has 0 heterocycles. The summed E-state index contributed by atoms with van der Waals surface area (Å²) in [5.74, 6) is 0. The Morgan fingerprint density at radius 3 is 0.175 bits per heavy atom. The number of hydrogen-bond donors (Lipinski definition) is 0. The van der Waals surface area contributed by atoms with E-state index in [0.717, 1.165) is 13.0 Å². The van der Waals surface area contributed by atoms with E-state index in [9.17, 15) is 0 Å². The van der Waals surface area contributed by atoms with Crippen LogP contribution in [-0.2, 0) is 218 Å². The predicted molar refractivity (Wildman–Crippen MR) is 523 cm³/mol. The molecule has 0 radical (unpaired) electrons. The molecular weight excluding hydrogens is 1900 g/mol. The van der Waals surface area contributed by atoms with E-state index >= 15 is 0 Å². The third-order valence-corrected chi connectivity index (χ3v) is 17.8. The molecule has 0 fully saturated rings. The summed E-state index contributed by atoms with van der Waals surface area (Å²) in [6, 6.07) is 0. The van der Waals surface area contributed by atoms with Crippen LogP contribution in [0.15, 0.2) is 0 Å². The highest BCUT2D eigenvalue weighted by Crippen LogP contribution is 2.18. The van der Waals surface area contributed by atoms with Gasteiger partial charge in [-0.3, -0.25) is 0 Å². The quantitative estimate of drug-likeness (QED) is 0.0790. The largest absolute Gasteiger partial charge is 0.382 e. The number of methoxy groups -OCH3 is 1. The van der Waals surface area contributed by atoms with E-state index in [4.69, 9.17) is 218 Å². The second-order valence-electron chi connectivity index (χ2n) is 30.9. The second-order valence-corrected chi connectivity index (χ2v) is 30.9. The van der Waals surface area contributed by atoms with Crippen molar-refractivity contribution in [2.45, 2.75) is 27.2 Å². The Kier molecular flexibility index (Phi) is 133. The molecule has 860 valence electrons. The Labute approximate surface area is 855 Å². The van der Waals surface area contributed by atoms with Gasteiger partial charge in [-0.1, -0.05) is 20.8 Å². The van der Waals surface area contributed by atoms with Crippen LogP contribution < -0.4 is 0 Å². The van der Waals surface area contributed by atoms with Crippen LogP contribution in [0, 0.1) is 5.41 Å². The fourth-order valence-corrected chi connectivity index (χ4v) is 10.3. The zero-order valence-corrected chi connectivity index (χ0v) is 88.3. The summed E-state index contributed by atoms with van der Waals surface area (Å²) >= 11 is 0. The molecule has 0 spiro atoms. The van der Waals surface area contributed by atoms with Crippen molar-refractivity contribution in [3.8, 4) is 0 Å². The first-order valence-corrected chi connectivity index (χ1v) is 51.5. The Morgan fingerprint density at radius 2 is 0.126 bits per heavy atom. The lowest BCUT2D eigenvalue weighted by Crippen LogP contribution is -2.16. The molecule has 0 aliphatic heterocycles. The molecule has 0 atom stereocenters. The van der Waals surface area contributed by atoms with Gasteiger partial charge in [0.1, 0.15) is 0 Å². The van der Waals surface area contributed by atoms with E-state index in [2.05, 4.69) is 20.8 Å². The number of hydrogen-bond acceptors (Lipinski definition) is 46. The third-order valence-electron chi connectivity index (χ3n) is 17.8. The first kappa shape index (κ1) is 141. The standard InChI is InChI=1S/C97H196O46/c1-97(2,3)5-6-99-9-10-101-13-14-103-17-18-105-21-22-107-25-26-109-29-30-111-33-34-113-37-38-115-41-42-117-45-46-119-49-50-121-53-54-123-57-58-125-61-62-127-65-66-129-69-70-131-73-74-133-77-78-135-81-82-137-85-86-139-89-90-141-93-94-143-96-95-142-92-91-140-88-87-138-84-83-136-80-79-134-76-75-132-72-71-130-68-67-128-64-63-126-60-59-124-56-55-122-52-51-120-48-47-118-44-43-116-40-39-114-36-35-112-32-31-110-28-27-108-24-23-106-20-19-104-16-15-102-12-11-100-8-7-98-4/h5-96H2,1-4H3. The van der Waals surface area contributed by atoms with E-state index in [1.165, 1.54) is 0 Å². The van der Waals surface area contributed by atoms with Crippen molar-refractivity contribution < 1.29 is 218 Å². The van der Waals surface area contributed by atoms with E-state index in [1.54, 1.807) is 7.11 Å². The number of rotatable bonds is 137. The molecule has 46 heteroatoms. The van der Waals surface area contributed by atoms with E-state index in [1.807, 2.05) is 0 Å². The van der Waals surface area contributed by atoms with Crippen molar-refractivity contribution >= 4 is 0 Å². The van der Waals surface area contributed by atoms with Crippen molar-refractivity contribution in [3.05, 3.63) is 0 Å². The van der Waals surface area contributed by atoms with Gasteiger partial charge >= 0.3 is 0 Å². The minimum atomic E-state index is 0.289. The van der Waals surface area contributed by atoms with Crippen molar-refractivity contribution in [3.63, 3.8) is 0 Å². The first-order valence-electron chi connectivity index (χ1n) is 51.5. The SMILES string of the molecule is COCCOCCOCCOCCOCCOCCOCCOCCOCCOCCOCCOCCOCCOCCOCCOCCOCCOCCOCCOCCOCCOCCOCCOCCOCCOCCOCCOCCOCCOCCOCCOCCOCCOCCOCCOCCOCCOCCOCCOCCOCCOCCOCCOCCOCCOCCC(C)(C)C. The molecule has 0 unspecified atom stereocenters. The van der Waals surface area contributed by atoms with Gasteiger partial charge in [-0.15, -0.1) is 0 Å². The predicted octanol–water partition coefficient (Wildman–Crippen LogP) is 2.82. The molecule has 0 aromatic rings. The summed E-state index contributed by atoms with van der Waals surface area (Å²) in [4.78, 5) is 0. The van der Waals surface area contributed by atoms with Gasteiger partial charge < -0.3 is 218 Å². The molecule has 0 saturated heterocycles. The Balaban J connectivity index is 3.11. The summed E-state index contributed by atoms with van der Waals surface area (Å²) in [7, 11) is 1.64. The van der Waals surface area contributed by atoms with Gasteiger partial charge in [0.05, 0.1) is 595 Å².